The lowest BCUT2D eigenvalue weighted by atomic mass is 10.2. The standard InChI is InChI=1S/C12H14ClN3O4/c1-2-14-10(17)6-15-12(20)16-9-4-3-7(13)5-8(9)11(18)19/h3-5H,2,6H2,1H3,(H,14,17)(H,18,19)(H2,15,16,20). The molecule has 0 radical (unpaired) electrons. The van der Waals surface area contributed by atoms with Crippen LogP contribution in [0, 0.1) is 0 Å². The molecular weight excluding hydrogens is 286 g/mol. The van der Waals surface area contributed by atoms with Crippen molar-refractivity contribution >= 4 is 35.2 Å². The number of hydrogen-bond acceptors (Lipinski definition) is 3. The van der Waals surface area contributed by atoms with E-state index in [0.29, 0.717) is 6.54 Å². The van der Waals surface area contributed by atoms with Crippen LogP contribution in [0.25, 0.3) is 0 Å². The van der Waals surface area contributed by atoms with Crippen molar-refractivity contribution in [2.75, 3.05) is 18.4 Å². The summed E-state index contributed by atoms with van der Waals surface area (Å²) in [5.74, 6) is -1.55. The molecule has 1 aromatic rings. The van der Waals surface area contributed by atoms with Crippen molar-refractivity contribution in [2.45, 2.75) is 6.92 Å². The summed E-state index contributed by atoms with van der Waals surface area (Å²) in [6.45, 7) is 2.02. The Morgan fingerprint density at radius 1 is 1.25 bits per heavy atom. The first-order valence-corrected chi connectivity index (χ1v) is 6.16. The van der Waals surface area contributed by atoms with Crippen LogP contribution in [0.1, 0.15) is 17.3 Å². The lowest BCUT2D eigenvalue weighted by Gasteiger charge is -2.10. The van der Waals surface area contributed by atoms with Crippen molar-refractivity contribution in [3.8, 4) is 0 Å². The number of carboxylic acids is 1. The minimum absolute atomic E-state index is 0.0929. The largest absolute Gasteiger partial charge is 0.478 e. The van der Waals surface area contributed by atoms with Crippen molar-refractivity contribution in [1.82, 2.24) is 10.6 Å². The molecule has 0 aliphatic rings. The van der Waals surface area contributed by atoms with Crippen LogP contribution in [0.3, 0.4) is 0 Å². The Hall–Kier alpha value is -2.28. The van der Waals surface area contributed by atoms with Gasteiger partial charge in [-0.15, -0.1) is 0 Å². The summed E-state index contributed by atoms with van der Waals surface area (Å²) in [6, 6.07) is 3.37. The molecule has 1 rings (SSSR count). The first kappa shape index (κ1) is 15.8. The van der Waals surface area contributed by atoms with Gasteiger partial charge in [0.15, 0.2) is 0 Å². The molecule has 0 atom stereocenters. The van der Waals surface area contributed by atoms with E-state index >= 15 is 0 Å². The van der Waals surface area contributed by atoms with E-state index in [0.717, 1.165) is 0 Å². The third kappa shape index (κ3) is 4.77. The molecule has 0 fully saturated rings. The Balaban J connectivity index is 2.66. The molecule has 0 saturated carbocycles. The fourth-order valence-electron chi connectivity index (χ4n) is 1.39. The second-order valence-corrected chi connectivity index (χ2v) is 4.19. The lowest BCUT2D eigenvalue weighted by Crippen LogP contribution is -2.39. The average molecular weight is 300 g/mol. The molecule has 7 nitrogen and oxygen atoms in total. The zero-order valence-corrected chi connectivity index (χ0v) is 11.5. The zero-order valence-electron chi connectivity index (χ0n) is 10.7. The quantitative estimate of drug-likeness (QED) is 0.657. The minimum Gasteiger partial charge on any atom is -0.478 e. The highest BCUT2D eigenvalue weighted by atomic mass is 35.5. The molecule has 0 aliphatic heterocycles. The monoisotopic (exact) mass is 299 g/mol. The van der Waals surface area contributed by atoms with E-state index in [2.05, 4.69) is 16.0 Å². The predicted octanol–water partition coefficient (Wildman–Crippen LogP) is 1.30. The van der Waals surface area contributed by atoms with Crippen molar-refractivity contribution in [2.24, 2.45) is 0 Å². The van der Waals surface area contributed by atoms with E-state index in [9.17, 15) is 14.4 Å². The van der Waals surface area contributed by atoms with Crippen LogP contribution in [-0.2, 0) is 4.79 Å². The number of urea groups is 1. The van der Waals surface area contributed by atoms with E-state index in [1.54, 1.807) is 6.92 Å². The topological polar surface area (TPSA) is 108 Å². The predicted molar refractivity (Wildman–Crippen MR) is 74.1 cm³/mol. The molecule has 1 aromatic carbocycles. The van der Waals surface area contributed by atoms with Crippen LogP contribution in [-0.4, -0.2) is 36.1 Å². The molecule has 0 aliphatic carbocycles. The molecular formula is C12H14ClN3O4. The summed E-state index contributed by atoms with van der Waals surface area (Å²) in [4.78, 5) is 33.7. The normalized spacial score (nSPS) is 9.70. The summed E-state index contributed by atoms with van der Waals surface area (Å²) < 4.78 is 0. The van der Waals surface area contributed by atoms with Gasteiger partial charge in [0, 0.05) is 11.6 Å². The van der Waals surface area contributed by atoms with Gasteiger partial charge in [-0.25, -0.2) is 9.59 Å². The molecule has 0 heterocycles. The van der Waals surface area contributed by atoms with Gasteiger partial charge in [-0.3, -0.25) is 4.79 Å². The van der Waals surface area contributed by atoms with Crippen molar-refractivity contribution in [3.05, 3.63) is 28.8 Å². The average Bonchev–Trinajstić information content (AvgIpc) is 2.38. The fraction of sp³-hybridized carbons (Fsp3) is 0.250. The number of rotatable bonds is 5. The Morgan fingerprint density at radius 3 is 2.55 bits per heavy atom. The lowest BCUT2D eigenvalue weighted by molar-refractivity contribution is -0.119. The summed E-state index contributed by atoms with van der Waals surface area (Å²) in [7, 11) is 0. The van der Waals surface area contributed by atoms with Gasteiger partial charge in [-0.2, -0.15) is 0 Å². The van der Waals surface area contributed by atoms with E-state index < -0.39 is 12.0 Å². The number of hydrogen-bond donors (Lipinski definition) is 4. The maximum atomic E-state index is 11.6. The summed E-state index contributed by atoms with van der Waals surface area (Å²) in [6.07, 6.45) is 0. The highest BCUT2D eigenvalue weighted by Gasteiger charge is 2.13. The van der Waals surface area contributed by atoms with Gasteiger partial charge in [-0.1, -0.05) is 11.6 Å². The number of anilines is 1. The third-order valence-electron chi connectivity index (χ3n) is 2.24. The molecule has 108 valence electrons. The van der Waals surface area contributed by atoms with Gasteiger partial charge in [0.2, 0.25) is 5.91 Å². The highest BCUT2D eigenvalue weighted by molar-refractivity contribution is 6.31. The van der Waals surface area contributed by atoms with Crippen LogP contribution < -0.4 is 16.0 Å². The number of carbonyl (C=O) groups is 3. The number of halogens is 1. The second-order valence-electron chi connectivity index (χ2n) is 3.76. The van der Waals surface area contributed by atoms with Gasteiger partial charge in [0.05, 0.1) is 17.8 Å². The number of carboxylic acid groups (broad SMARTS) is 1. The Bertz CT molecular complexity index is 533. The van der Waals surface area contributed by atoms with Crippen molar-refractivity contribution in [1.29, 1.82) is 0 Å². The maximum Gasteiger partial charge on any atom is 0.337 e. The summed E-state index contributed by atoms with van der Waals surface area (Å²) in [5, 5.41) is 16.4. The molecule has 0 unspecified atom stereocenters. The molecule has 8 heteroatoms. The molecule has 4 N–H and O–H groups in total. The van der Waals surface area contributed by atoms with Gasteiger partial charge in [0.1, 0.15) is 0 Å². The first-order valence-electron chi connectivity index (χ1n) is 5.78. The number of carbonyl (C=O) groups excluding carboxylic acids is 2. The van der Waals surface area contributed by atoms with Crippen molar-refractivity contribution in [3.63, 3.8) is 0 Å². The highest BCUT2D eigenvalue weighted by Crippen LogP contribution is 2.20. The molecule has 0 saturated heterocycles. The number of aromatic carboxylic acids is 1. The van der Waals surface area contributed by atoms with E-state index in [-0.39, 0.29) is 28.7 Å². The SMILES string of the molecule is CCNC(=O)CNC(=O)Nc1ccc(Cl)cc1C(=O)O. The summed E-state index contributed by atoms with van der Waals surface area (Å²) >= 11 is 5.69. The maximum absolute atomic E-state index is 11.6. The van der Waals surface area contributed by atoms with Gasteiger partial charge >= 0.3 is 12.0 Å². The molecule has 3 amide bonds. The molecule has 0 aromatic heterocycles. The zero-order chi connectivity index (χ0) is 15.1. The Labute approximate surface area is 120 Å². The minimum atomic E-state index is -1.22. The fourth-order valence-corrected chi connectivity index (χ4v) is 1.56. The van der Waals surface area contributed by atoms with E-state index in [1.165, 1.54) is 18.2 Å². The van der Waals surface area contributed by atoms with Gasteiger partial charge in [0.25, 0.3) is 0 Å². The Morgan fingerprint density at radius 2 is 1.95 bits per heavy atom. The van der Waals surface area contributed by atoms with Crippen LogP contribution >= 0.6 is 11.6 Å². The van der Waals surface area contributed by atoms with E-state index in [4.69, 9.17) is 16.7 Å². The summed E-state index contributed by atoms with van der Waals surface area (Å²) in [5.41, 5.74) is -0.0408. The number of amides is 3. The number of nitrogens with one attached hydrogen (secondary N) is 3. The second kappa shape index (κ2) is 7.34. The first-order chi connectivity index (χ1) is 9.43. The molecule has 0 spiro atoms. The van der Waals surface area contributed by atoms with Crippen LogP contribution in [0.5, 0.6) is 0 Å². The smallest absolute Gasteiger partial charge is 0.337 e. The Kier molecular flexibility index (Phi) is 5.79. The van der Waals surface area contributed by atoms with Crippen molar-refractivity contribution < 1.29 is 19.5 Å². The number of likely N-dealkylation sites (N-methyl/N-ethyl adjacent to an activating group) is 1. The van der Waals surface area contributed by atoms with Gasteiger partial charge < -0.3 is 21.1 Å². The van der Waals surface area contributed by atoms with Crippen LogP contribution in [0.2, 0.25) is 5.02 Å². The third-order valence-corrected chi connectivity index (χ3v) is 2.48. The van der Waals surface area contributed by atoms with Crippen LogP contribution in [0.4, 0.5) is 10.5 Å². The van der Waals surface area contributed by atoms with Crippen LogP contribution in [0.15, 0.2) is 18.2 Å². The molecule has 20 heavy (non-hydrogen) atoms. The molecule has 0 bridgehead atoms. The van der Waals surface area contributed by atoms with Gasteiger partial charge in [-0.05, 0) is 25.1 Å². The van der Waals surface area contributed by atoms with E-state index in [1.807, 2.05) is 0 Å². The number of benzene rings is 1.